The Kier molecular flexibility index (Phi) is 7.90. The second-order valence-corrected chi connectivity index (χ2v) is 10.7. The highest BCUT2D eigenvalue weighted by Gasteiger charge is 2.52. The summed E-state index contributed by atoms with van der Waals surface area (Å²) < 4.78 is 85.0. The predicted molar refractivity (Wildman–Crippen MR) is 128 cm³/mol. The third kappa shape index (κ3) is 5.59. The van der Waals surface area contributed by atoms with Crippen LogP contribution in [0.2, 0.25) is 0 Å². The van der Waals surface area contributed by atoms with Gasteiger partial charge in [0.25, 0.3) is 0 Å². The van der Waals surface area contributed by atoms with Crippen LogP contribution in [0.15, 0.2) is 59.9 Å². The summed E-state index contributed by atoms with van der Waals surface area (Å²) in [6.45, 7) is -0.0497. The molecule has 38 heavy (non-hydrogen) atoms. The van der Waals surface area contributed by atoms with E-state index in [1.54, 1.807) is 6.07 Å². The van der Waals surface area contributed by atoms with Gasteiger partial charge in [-0.25, -0.2) is 22.8 Å². The molecule has 4 rings (SSSR count). The number of Topliss-reactive ketones (excluding diaryl/α,β-unsaturated/α-hetero) is 1. The van der Waals surface area contributed by atoms with E-state index in [0.29, 0.717) is 23.4 Å². The monoisotopic (exact) mass is 552 g/mol. The van der Waals surface area contributed by atoms with E-state index < -0.39 is 33.2 Å². The van der Waals surface area contributed by atoms with Gasteiger partial charge in [0.05, 0.1) is 17.2 Å². The Morgan fingerprint density at radius 1 is 1.11 bits per heavy atom. The molecule has 3 aromatic rings. The molecule has 1 fully saturated rings. The SMILES string of the molecule is COC[C@@]1(C(=O)CCc2cc(-c3ccc(C(F)(F)F)nc3)ncn2)CCCN1S(=O)(=O)c1ccc(F)cc1. The van der Waals surface area contributed by atoms with Crippen molar-refractivity contribution in [3.63, 3.8) is 0 Å². The van der Waals surface area contributed by atoms with Crippen molar-refractivity contribution in [1.29, 1.82) is 0 Å². The number of halogens is 4. The molecule has 0 spiro atoms. The van der Waals surface area contributed by atoms with E-state index in [-0.39, 0.29) is 43.1 Å². The number of methoxy groups -OCH3 is 1. The highest BCUT2D eigenvalue weighted by Crippen LogP contribution is 2.37. The number of ether oxygens (including phenoxy) is 1. The number of carbonyl (C=O) groups is 1. The first-order valence-electron chi connectivity index (χ1n) is 11.6. The van der Waals surface area contributed by atoms with Gasteiger partial charge < -0.3 is 4.74 Å². The quantitative estimate of drug-likeness (QED) is 0.369. The number of benzene rings is 1. The van der Waals surface area contributed by atoms with Crippen LogP contribution in [0.3, 0.4) is 0 Å². The van der Waals surface area contributed by atoms with Crippen LogP contribution in [0.25, 0.3) is 11.3 Å². The van der Waals surface area contributed by atoms with Crippen molar-refractivity contribution in [1.82, 2.24) is 19.3 Å². The molecule has 0 amide bonds. The fourth-order valence-electron chi connectivity index (χ4n) is 4.56. The zero-order valence-electron chi connectivity index (χ0n) is 20.3. The summed E-state index contributed by atoms with van der Waals surface area (Å²) in [6, 6.07) is 8.04. The van der Waals surface area contributed by atoms with E-state index in [1.807, 2.05) is 0 Å². The Morgan fingerprint density at radius 3 is 2.47 bits per heavy atom. The van der Waals surface area contributed by atoms with Crippen LogP contribution in [0.1, 0.15) is 30.7 Å². The molecule has 0 aliphatic carbocycles. The minimum absolute atomic E-state index is 0.0689. The number of ketones is 1. The summed E-state index contributed by atoms with van der Waals surface area (Å²) in [4.78, 5) is 25.1. The lowest BCUT2D eigenvalue weighted by Crippen LogP contribution is -2.56. The Balaban J connectivity index is 1.54. The van der Waals surface area contributed by atoms with Gasteiger partial charge >= 0.3 is 6.18 Å². The highest BCUT2D eigenvalue weighted by molar-refractivity contribution is 7.89. The van der Waals surface area contributed by atoms with Crippen LogP contribution in [0, 0.1) is 5.82 Å². The summed E-state index contributed by atoms with van der Waals surface area (Å²) >= 11 is 0. The van der Waals surface area contributed by atoms with Gasteiger partial charge in [-0.05, 0) is 61.7 Å². The van der Waals surface area contributed by atoms with Gasteiger partial charge in [0.1, 0.15) is 23.4 Å². The molecule has 1 aromatic carbocycles. The number of carbonyl (C=O) groups excluding carboxylic acids is 1. The maximum absolute atomic E-state index is 13.6. The fraction of sp³-hybridized carbons (Fsp3) is 0.360. The van der Waals surface area contributed by atoms with Crippen LogP contribution < -0.4 is 0 Å². The summed E-state index contributed by atoms with van der Waals surface area (Å²) in [6.07, 6.45) is -1.51. The van der Waals surface area contributed by atoms with Gasteiger partial charge in [-0.2, -0.15) is 17.5 Å². The second kappa shape index (κ2) is 10.8. The van der Waals surface area contributed by atoms with Gasteiger partial charge in [-0.3, -0.25) is 9.78 Å². The van der Waals surface area contributed by atoms with Crippen LogP contribution in [0.5, 0.6) is 0 Å². The smallest absolute Gasteiger partial charge is 0.382 e. The summed E-state index contributed by atoms with van der Waals surface area (Å²) in [5, 5.41) is 0. The minimum Gasteiger partial charge on any atom is -0.382 e. The molecule has 8 nitrogen and oxygen atoms in total. The Labute approximate surface area is 216 Å². The molecule has 1 atom stereocenters. The van der Waals surface area contributed by atoms with Crippen molar-refractivity contribution >= 4 is 15.8 Å². The van der Waals surface area contributed by atoms with Gasteiger partial charge in [0, 0.05) is 37.5 Å². The maximum atomic E-state index is 13.6. The Hall–Kier alpha value is -3.29. The number of sulfonamides is 1. The third-order valence-electron chi connectivity index (χ3n) is 6.41. The van der Waals surface area contributed by atoms with Crippen LogP contribution >= 0.6 is 0 Å². The number of aryl methyl sites for hydroxylation is 1. The third-order valence-corrected chi connectivity index (χ3v) is 8.39. The van der Waals surface area contributed by atoms with Gasteiger partial charge in [0.2, 0.25) is 10.0 Å². The van der Waals surface area contributed by atoms with Crippen LogP contribution in [-0.4, -0.2) is 59.3 Å². The van der Waals surface area contributed by atoms with E-state index in [9.17, 15) is 30.8 Å². The van der Waals surface area contributed by atoms with Gasteiger partial charge in [0.15, 0.2) is 5.78 Å². The van der Waals surface area contributed by atoms with Crippen LogP contribution in [0.4, 0.5) is 17.6 Å². The molecule has 13 heteroatoms. The van der Waals surface area contributed by atoms with Crippen LogP contribution in [-0.2, 0) is 32.2 Å². The zero-order valence-corrected chi connectivity index (χ0v) is 21.1. The fourth-order valence-corrected chi connectivity index (χ4v) is 6.37. The molecule has 1 aliphatic heterocycles. The summed E-state index contributed by atoms with van der Waals surface area (Å²) in [7, 11) is -2.74. The highest BCUT2D eigenvalue weighted by atomic mass is 32.2. The molecule has 0 bridgehead atoms. The number of nitrogens with zero attached hydrogens (tertiary/aromatic N) is 4. The summed E-state index contributed by atoms with van der Waals surface area (Å²) in [5.74, 6) is -0.945. The van der Waals surface area contributed by atoms with Crippen molar-refractivity contribution in [2.75, 3.05) is 20.3 Å². The van der Waals surface area contributed by atoms with Crippen molar-refractivity contribution in [2.24, 2.45) is 0 Å². The number of hydrogen-bond acceptors (Lipinski definition) is 7. The first-order valence-corrected chi connectivity index (χ1v) is 13.1. The number of pyridine rings is 1. The van der Waals surface area contributed by atoms with Crippen molar-refractivity contribution in [2.45, 2.75) is 42.3 Å². The topological polar surface area (TPSA) is 102 Å². The molecule has 3 heterocycles. The Morgan fingerprint density at radius 2 is 1.84 bits per heavy atom. The molecule has 0 radical (unpaired) electrons. The van der Waals surface area contributed by atoms with Gasteiger partial charge in [-0.15, -0.1) is 0 Å². The Bertz CT molecular complexity index is 1400. The first-order chi connectivity index (χ1) is 18.0. The molecule has 0 unspecified atom stereocenters. The predicted octanol–water partition coefficient (Wildman–Crippen LogP) is 4.07. The lowest BCUT2D eigenvalue weighted by molar-refractivity contribution is -0.141. The molecule has 202 valence electrons. The maximum Gasteiger partial charge on any atom is 0.433 e. The van der Waals surface area contributed by atoms with E-state index in [4.69, 9.17) is 4.74 Å². The van der Waals surface area contributed by atoms with Gasteiger partial charge in [-0.1, -0.05) is 0 Å². The summed E-state index contributed by atoms with van der Waals surface area (Å²) in [5.41, 5.74) is -1.34. The van der Waals surface area contributed by atoms with Crippen molar-refractivity contribution < 1.29 is 35.5 Å². The molecule has 1 saturated heterocycles. The van der Waals surface area contributed by atoms with E-state index >= 15 is 0 Å². The number of hydrogen-bond donors (Lipinski definition) is 0. The van der Waals surface area contributed by atoms with E-state index in [1.165, 1.54) is 19.5 Å². The van der Waals surface area contributed by atoms with Crippen molar-refractivity contribution in [3.05, 3.63) is 72.2 Å². The van der Waals surface area contributed by atoms with E-state index in [0.717, 1.165) is 40.8 Å². The minimum atomic E-state index is -4.56. The zero-order chi connectivity index (χ0) is 27.6. The molecule has 1 aliphatic rings. The lowest BCUT2D eigenvalue weighted by Gasteiger charge is -2.35. The first kappa shape index (κ1) is 27.7. The largest absolute Gasteiger partial charge is 0.433 e. The number of alkyl halides is 3. The number of aromatic nitrogens is 3. The molecule has 0 saturated carbocycles. The average Bonchev–Trinajstić information content (AvgIpc) is 3.33. The molecular weight excluding hydrogens is 528 g/mol. The molecule has 2 aromatic heterocycles. The lowest BCUT2D eigenvalue weighted by atomic mass is 9.89. The average molecular weight is 553 g/mol. The normalized spacial score (nSPS) is 18.6. The molecule has 0 N–H and O–H groups in total. The molecular formula is C25H24F4N4O4S. The number of rotatable bonds is 9. The van der Waals surface area contributed by atoms with E-state index in [2.05, 4.69) is 15.0 Å². The van der Waals surface area contributed by atoms with Crippen molar-refractivity contribution in [3.8, 4) is 11.3 Å². The standard InChI is InChI=1S/C25H24F4N4O4S/c1-37-15-24(11-2-12-33(24)38(35,36)20-7-4-18(26)5-8-20)23(34)10-6-19-13-21(32-16-31-19)17-3-9-22(30-14-17)25(27,28)29/h3-5,7-9,13-14,16H,2,6,10-12,15H2,1H3/t24-/m1/s1. The second-order valence-electron chi connectivity index (χ2n) is 8.85.